The third-order valence-electron chi connectivity index (χ3n) is 3.99. The Morgan fingerprint density at radius 2 is 2.12 bits per heavy atom. The minimum Gasteiger partial charge on any atom is -0.353 e. The van der Waals surface area contributed by atoms with Crippen LogP contribution in [0.1, 0.15) is 51.9 Å². The van der Waals surface area contributed by atoms with Crippen LogP contribution in [0.5, 0.6) is 0 Å². The first-order valence-corrected chi connectivity index (χ1v) is 6.77. The molecule has 1 saturated carbocycles. The number of halogens is 1. The van der Waals surface area contributed by atoms with E-state index in [4.69, 9.17) is 0 Å². The number of carbonyl (C=O) groups excluding carboxylic acids is 1. The molecule has 0 aromatic heterocycles. The predicted molar refractivity (Wildman–Crippen MR) is 72.5 cm³/mol. The average Bonchev–Trinajstić information content (AvgIpc) is 2.15. The van der Waals surface area contributed by atoms with Crippen LogP contribution < -0.4 is 10.6 Å². The molecule has 1 aliphatic carbocycles. The lowest BCUT2D eigenvalue weighted by atomic mass is 9.82. The highest BCUT2D eigenvalue weighted by Crippen LogP contribution is 2.30. The summed E-state index contributed by atoms with van der Waals surface area (Å²) in [6.45, 7) is 3.22. The molecule has 1 aliphatic heterocycles. The first-order valence-electron chi connectivity index (χ1n) is 6.77. The molecule has 1 saturated heterocycles. The van der Waals surface area contributed by atoms with Gasteiger partial charge < -0.3 is 10.6 Å². The van der Waals surface area contributed by atoms with Crippen molar-refractivity contribution < 1.29 is 4.79 Å². The summed E-state index contributed by atoms with van der Waals surface area (Å²) in [6, 6.07) is 0.954. The van der Waals surface area contributed by atoms with E-state index in [0.717, 1.165) is 38.1 Å². The van der Waals surface area contributed by atoms with Gasteiger partial charge in [0.25, 0.3) is 0 Å². The fourth-order valence-electron chi connectivity index (χ4n) is 2.68. The van der Waals surface area contributed by atoms with Gasteiger partial charge in [0, 0.05) is 18.5 Å². The van der Waals surface area contributed by atoms with Crippen molar-refractivity contribution in [2.75, 3.05) is 6.54 Å². The van der Waals surface area contributed by atoms with Crippen molar-refractivity contribution in [3.8, 4) is 0 Å². The van der Waals surface area contributed by atoms with Crippen LogP contribution in [0, 0.1) is 5.92 Å². The highest BCUT2D eigenvalue weighted by Gasteiger charge is 2.21. The average molecular weight is 261 g/mol. The molecule has 0 radical (unpaired) electrons. The molecule has 0 aromatic rings. The van der Waals surface area contributed by atoms with E-state index in [1.54, 1.807) is 0 Å². The van der Waals surface area contributed by atoms with Crippen LogP contribution >= 0.6 is 12.4 Å². The van der Waals surface area contributed by atoms with Gasteiger partial charge in [0.15, 0.2) is 0 Å². The Balaban J connectivity index is 0.00000144. The number of hydrogen-bond acceptors (Lipinski definition) is 2. The van der Waals surface area contributed by atoms with Crippen molar-refractivity contribution in [3.63, 3.8) is 0 Å². The molecule has 2 rings (SSSR count). The number of carbonyl (C=O) groups is 1. The zero-order valence-corrected chi connectivity index (χ0v) is 11.5. The molecule has 4 heteroatoms. The Labute approximate surface area is 111 Å². The van der Waals surface area contributed by atoms with Gasteiger partial charge in [0.05, 0.1) is 0 Å². The molecule has 2 N–H and O–H groups in total. The van der Waals surface area contributed by atoms with E-state index in [-0.39, 0.29) is 18.3 Å². The standard InChI is InChI=1S/C13H24N2O.ClH/c1-10-9-12(7-8-14-10)15-13(16)6-5-11-3-2-4-11;/h10-12,14H,2-9H2,1H3,(H,15,16);1H. The molecule has 1 amide bonds. The molecule has 17 heavy (non-hydrogen) atoms. The second-order valence-corrected chi connectivity index (χ2v) is 5.48. The van der Waals surface area contributed by atoms with Gasteiger partial charge in [-0.25, -0.2) is 0 Å². The molecule has 1 heterocycles. The summed E-state index contributed by atoms with van der Waals surface area (Å²) in [5.74, 6) is 1.11. The van der Waals surface area contributed by atoms with Crippen molar-refractivity contribution in [3.05, 3.63) is 0 Å². The van der Waals surface area contributed by atoms with Crippen molar-refractivity contribution in [1.29, 1.82) is 0 Å². The van der Waals surface area contributed by atoms with Crippen LogP contribution in [0.3, 0.4) is 0 Å². The maximum Gasteiger partial charge on any atom is 0.220 e. The Kier molecular flexibility index (Phi) is 6.28. The second-order valence-electron chi connectivity index (χ2n) is 5.48. The van der Waals surface area contributed by atoms with Crippen LogP contribution in [-0.2, 0) is 4.79 Å². The van der Waals surface area contributed by atoms with E-state index >= 15 is 0 Å². The highest BCUT2D eigenvalue weighted by molar-refractivity contribution is 5.85. The lowest BCUT2D eigenvalue weighted by Crippen LogP contribution is -2.46. The van der Waals surface area contributed by atoms with E-state index in [9.17, 15) is 4.79 Å². The number of hydrogen-bond donors (Lipinski definition) is 2. The quantitative estimate of drug-likeness (QED) is 0.814. The third-order valence-corrected chi connectivity index (χ3v) is 3.99. The summed E-state index contributed by atoms with van der Waals surface area (Å²) in [6.07, 6.45) is 8.07. The van der Waals surface area contributed by atoms with Crippen LogP contribution in [-0.4, -0.2) is 24.5 Å². The van der Waals surface area contributed by atoms with Crippen molar-refractivity contribution in [2.45, 2.75) is 64.0 Å². The van der Waals surface area contributed by atoms with E-state index in [1.807, 2.05) is 0 Å². The zero-order valence-electron chi connectivity index (χ0n) is 10.7. The van der Waals surface area contributed by atoms with Gasteiger partial charge in [-0.05, 0) is 38.6 Å². The summed E-state index contributed by atoms with van der Waals surface area (Å²) in [7, 11) is 0. The lowest BCUT2D eigenvalue weighted by Gasteiger charge is -2.29. The SMILES string of the molecule is CC1CC(NC(=O)CCC2CCC2)CCN1.Cl. The van der Waals surface area contributed by atoms with Crippen molar-refractivity contribution in [1.82, 2.24) is 10.6 Å². The monoisotopic (exact) mass is 260 g/mol. The fraction of sp³-hybridized carbons (Fsp3) is 0.923. The smallest absolute Gasteiger partial charge is 0.220 e. The van der Waals surface area contributed by atoms with Gasteiger partial charge in [0.2, 0.25) is 5.91 Å². The molecule has 0 bridgehead atoms. The number of rotatable bonds is 4. The maximum atomic E-state index is 11.7. The second kappa shape index (κ2) is 7.22. The van der Waals surface area contributed by atoms with Crippen LogP contribution in [0.2, 0.25) is 0 Å². The van der Waals surface area contributed by atoms with E-state index in [1.165, 1.54) is 19.3 Å². The normalized spacial score (nSPS) is 29.0. The van der Waals surface area contributed by atoms with Gasteiger partial charge in [-0.15, -0.1) is 12.4 Å². The molecular formula is C13H25ClN2O. The highest BCUT2D eigenvalue weighted by atomic mass is 35.5. The minimum absolute atomic E-state index is 0. The predicted octanol–water partition coefficient (Wildman–Crippen LogP) is 2.25. The minimum atomic E-state index is 0. The Hall–Kier alpha value is -0.280. The lowest BCUT2D eigenvalue weighted by molar-refractivity contribution is -0.122. The summed E-state index contributed by atoms with van der Waals surface area (Å²) >= 11 is 0. The van der Waals surface area contributed by atoms with E-state index in [0.29, 0.717) is 12.1 Å². The van der Waals surface area contributed by atoms with Crippen LogP contribution in [0.4, 0.5) is 0 Å². The summed E-state index contributed by atoms with van der Waals surface area (Å²) < 4.78 is 0. The largest absolute Gasteiger partial charge is 0.353 e. The van der Waals surface area contributed by atoms with Gasteiger partial charge in [-0.3, -0.25) is 4.79 Å². The van der Waals surface area contributed by atoms with Gasteiger partial charge in [-0.1, -0.05) is 19.3 Å². The fourth-order valence-corrected chi connectivity index (χ4v) is 2.68. The maximum absolute atomic E-state index is 11.7. The molecular weight excluding hydrogens is 236 g/mol. The summed E-state index contributed by atoms with van der Waals surface area (Å²) in [5.41, 5.74) is 0. The third kappa shape index (κ3) is 4.84. The van der Waals surface area contributed by atoms with Crippen molar-refractivity contribution >= 4 is 18.3 Å². The Morgan fingerprint density at radius 3 is 2.71 bits per heavy atom. The first kappa shape index (κ1) is 14.8. The number of piperidine rings is 1. The molecule has 3 nitrogen and oxygen atoms in total. The first-order chi connectivity index (χ1) is 7.74. The molecule has 2 aliphatic rings. The van der Waals surface area contributed by atoms with Gasteiger partial charge in [-0.2, -0.15) is 0 Å². The summed E-state index contributed by atoms with van der Waals surface area (Å²) in [4.78, 5) is 11.7. The van der Waals surface area contributed by atoms with E-state index < -0.39 is 0 Å². The Morgan fingerprint density at radius 1 is 1.35 bits per heavy atom. The molecule has 100 valence electrons. The van der Waals surface area contributed by atoms with Gasteiger partial charge in [0.1, 0.15) is 0 Å². The topological polar surface area (TPSA) is 41.1 Å². The van der Waals surface area contributed by atoms with Gasteiger partial charge >= 0.3 is 0 Å². The van der Waals surface area contributed by atoms with E-state index in [2.05, 4.69) is 17.6 Å². The molecule has 2 unspecified atom stereocenters. The summed E-state index contributed by atoms with van der Waals surface area (Å²) in [5, 5.41) is 6.58. The molecule has 0 spiro atoms. The molecule has 0 aromatic carbocycles. The number of nitrogens with one attached hydrogen (secondary N) is 2. The molecule has 2 fully saturated rings. The van der Waals surface area contributed by atoms with Crippen molar-refractivity contribution in [2.24, 2.45) is 5.92 Å². The van der Waals surface area contributed by atoms with Crippen LogP contribution in [0.15, 0.2) is 0 Å². The number of amides is 1. The zero-order chi connectivity index (χ0) is 11.4. The Bertz CT molecular complexity index is 244. The molecule has 2 atom stereocenters. The van der Waals surface area contributed by atoms with Crippen LogP contribution in [0.25, 0.3) is 0 Å².